The fourth-order valence-corrected chi connectivity index (χ4v) is 3.96. The van der Waals surface area contributed by atoms with E-state index in [2.05, 4.69) is 59.2 Å². The molecule has 0 aliphatic carbocycles. The Morgan fingerprint density at radius 2 is 1.69 bits per heavy atom. The second kappa shape index (κ2) is 9.11. The highest BCUT2D eigenvalue weighted by atomic mass is 16.1. The number of piperazine rings is 1. The van der Waals surface area contributed by atoms with Crippen LogP contribution in [0.5, 0.6) is 0 Å². The molecular weight excluding hydrogens is 320 g/mol. The Balaban J connectivity index is 1.64. The van der Waals surface area contributed by atoms with Crippen LogP contribution in [0.4, 0.5) is 0 Å². The van der Waals surface area contributed by atoms with E-state index in [0.717, 1.165) is 38.2 Å². The van der Waals surface area contributed by atoms with Gasteiger partial charge >= 0.3 is 0 Å². The molecule has 0 saturated carbocycles. The Morgan fingerprint density at radius 3 is 2.31 bits per heavy atom. The molecule has 26 heavy (non-hydrogen) atoms. The molecule has 0 N–H and O–H groups in total. The minimum atomic E-state index is -0.104. The van der Waals surface area contributed by atoms with Crippen LogP contribution in [0.2, 0.25) is 0 Å². The minimum Gasteiger partial charge on any atom is -0.300 e. The standard InChI is InChI=1S/C23H30N2O/c1-3-22(26)23(21-12-8-5-9-13-21)25-17-16-24(18-19(25)2)15-14-20-10-6-4-7-11-20/h4-13,19,23H,3,14-18H2,1-2H3/t19-,23?/m1/s1. The molecule has 2 atom stereocenters. The Bertz CT molecular complexity index is 686. The van der Waals surface area contributed by atoms with Gasteiger partial charge in [0.05, 0.1) is 6.04 Å². The first-order valence-electron chi connectivity index (χ1n) is 9.78. The van der Waals surface area contributed by atoms with Gasteiger partial charge in [-0.3, -0.25) is 9.69 Å². The summed E-state index contributed by atoms with van der Waals surface area (Å²) < 4.78 is 0. The molecule has 1 aliphatic heterocycles. The lowest BCUT2D eigenvalue weighted by molar-refractivity contribution is -0.126. The lowest BCUT2D eigenvalue weighted by atomic mass is 9.96. The van der Waals surface area contributed by atoms with Gasteiger partial charge in [-0.1, -0.05) is 67.6 Å². The van der Waals surface area contributed by atoms with Crippen molar-refractivity contribution >= 4 is 5.78 Å². The van der Waals surface area contributed by atoms with Crippen molar-refractivity contribution in [2.45, 2.75) is 38.8 Å². The van der Waals surface area contributed by atoms with Gasteiger partial charge in [-0.05, 0) is 24.5 Å². The molecule has 3 heteroatoms. The maximum Gasteiger partial charge on any atom is 0.154 e. The minimum absolute atomic E-state index is 0.104. The molecule has 1 unspecified atom stereocenters. The van der Waals surface area contributed by atoms with Crippen LogP contribution in [0.25, 0.3) is 0 Å². The van der Waals surface area contributed by atoms with Gasteiger partial charge in [0.15, 0.2) is 5.78 Å². The average molecular weight is 351 g/mol. The van der Waals surface area contributed by atoms with Crippen molar-refractivity contribution in [2.24, 2.45) is 0 Å². The van der Waals surface area contributed by atoms with Crippen LogP contribution >= 0.6 is 0 Å². The highest BCUT2D eigenvalue weighted by Gasteiger charge is 2.33. The van der Waals surface area contributed by atoms with Gasteiger partial charge in [-0.15, -0.1) is 0 Å². The Morgan fingerprint density at radius 1 is 1.04 bits per heavy atom. The van der Waals surface area contributed by atoms with Crippen molar-refractivity contribution < 1.29 is 4.79 Å². The van der Waals surface area contributed by atoms with Crippen molar-refractivity contribution in [3.63, 3.8) is 0 Å². The summed E-state index contributed by atoms with van der Waals surface area (Å²) >= 11 is 0. The smallest absolute Gasteiger partial charge is 0.154 e. The molecule has 2 aromatic carbocycles. The van der Waals surface area contributed by atoms with Crippen LogP contribution in [-0.2, 0) is 11.2 Å². The van der Waals surface area contributed by atoms with Gasteiger partial charge in [0.2, 0.25) is 0 Å². The SMILES string of the molecule is CCC(=O)C(c1ccccc1)N1CCN(CCc2ccccc2)C[C@H]1C. The highest BCUT2D eigenvalue weighted by Crippen LogP contribution is 2.27. The first-order chi connectivity index (χ1) is 12.7. The number of carbonyl (C=O) groups excluding carboxylic acids is 1. The van der Waals surface area contributed by atoms with Crippen LogP contribution in [0.3, 0.4) is 0 Å². The maximum atomic E-state index is 12.7. The molecule has 0 bridgehead atoms. The monoisotopic (exact) mass is 350 g/mol. The first-order valence-corrected chi connectivity index (χ1v) is 9.78. The molecule has 1 fully saturated rings. The third-order valence-corrected chi connectivity index (χ3v) is 5.42. The molecule has 0 aromatic heterocycles. The van der Waals surface area contributed by atoms with Crippen LogP contribution in [0, 0.1) is 0 Å². The Kier molecular flexibility index (Phi) is 6.59. The van der Waals surface area contributed by atoms with Crippen LogP contribution in [0.1, 0.15) is 37.4 Å². The normalized spacial score (nSPS) is 20.0. The summed E-state index contributed by atoms with van der Waals surface area (Å²) in [7, 11) is 0. The number of hydrogen-bond donors (Lipinski definition) is 0. The van der Waals surface area contributed by atoms with E-state index in [4.69, 9.17) is 0 Å². The van der Waals surface area contributed by atoms with E-state index in [0.29, 0.717) is 18.2 Å². The molecule has 1 saturated heterocycles. The number of carbonyl (C=O) groups is 1. The second-order valence-corrected chi connectivity index (χ2v) is 7.26. The fraction of sp³-hybridized carbons (Fsp3) is 0.435. The number of nitrogens with zero attached hydrogens (tertiary/aromatic N) is 2. The summed E-state index contributed by atoms with van der Waals surface area (Å²) in [5, 5.41) is 0. The zero-order chi connectivity index (χ0) is 18.4. The molecule has 0 amide bonds. The zero-order valence-electron chi connectivity index (χ0n) is 16.0. The van der Waals surface area contributed by atoms with E-state index in [1.54, 1.807) is 0 Å². The summed E-state index contributed by atoms with van der Waals surface area (Å²) in [6.07, 6.45) is 1.67. The predicted molar refractivity (Wildman–Crippen MR) is 107 cm³/mol. The summed E-state index contributed by atoms with van der Waals surface area (Å²) in [5.41, 5.74) is 2.52. The topological polar surface area (TPSA) is 23.6 Å². The first kappa shape index (κ1) is 18.8. The molecule has 3 nitrogen and oxygen atoms in total. The molecule has 138 valence electrons. The van der Waals surface area contributed by atoms with Gasteiger partial charge in [0.1, 0.15) is 0 Å². The van der Waals surface area contributed by atoms with Gasteiger partial charge in [0, 0.05) is 38.6 Å². The summed E-state index contributed by atoms with van der Waals surface area (Å²) in [5.74, 6) is 0.320. The molecular formula is C23H30N2O. The van der Waals surface area contributed by atoms with Gasteiger partial charge in [-0.25, -0.2) is 0 Å². The van der Waals surface area contributed by atoms with E-state index in [1.807, 2.05) is 25.1 Å². The molecule has 1 heterocycles. The maximum absolute atomic E-state index is 12.7. The lowest BCUT2D eigenvalue weighted by Crippen LogP contribution is -2.54. The fourth-order valence-electron chi connectivity index (χ4n) is 3.96. The van der Waals surface area contributed by atoms with Crippen LogP contribution in [-0.4, -0.2) is 47.8 Å². The summed E-state index contributed by atoms with van der Waals surface area (Å²) in [6, 6.07) is 21.2. The molecule has 2 aromatic rings. The van der Waals surface area contributed by atoms with Gasteiger partial charge in [0.25, 0.3) is 0 Å². The Hall–Kier alpha value is -1.97. The van der Waals surface area contributed by atoms with Crippen LogP contribution in [0.15, 0.2) is 60.7 Å². The largest absolute Gasteiger partial charge is 0.300 e. The second-order valence-electron chi connectivity index (χ2n) is 7.26. The van der Waals surface area contributed by atoms with E-state index < -0.39 is 0 Å². The Labute approximate surface area is 157 Å². The molecule has 0 radical (unpaired) electrons. The van der Waals surface area contributed by atoms with E-state index >= 15 is 0 Å². The lowest BCUT2D eigenvalue weighted by Gasteiger charge is -2.43. The van der Waals surface area contributed by atoms with E-state index in [9.17, 15) is 4.79 Å². The molecule has 0 spiro atoms. The van der Waals surface area contributed by atoms with Gasteiger partial charge < -0.3 is 4.90 Å². The quantitative estimate of drug-likeness (QED) is 0.755. The predicted octanol–water partition coefficient (Wildman–Crippen LogP) is 3.96. The van der Waals surface area contributed by atoms with Crippen molar-refractivity contribution in [1.82, 2.24) is 9.80 Å². The van der Waals surface area contributed by atoms with Crippen molar-refractivity contribution in [1.29, 1.82) is 0 Å². The number of benzene rings is 2. The number of Topliss-reactive ketones (excluding diaryl/α,β-unsaturated/α-hetero) is 1. The molecule has 3 rings (SSSR count). The number of ketones is 1. The van der Waals surface area contributed by atoms with Crippen molar-refractivity contribution in [3.8, 4) is 0 Å². The summed E-state index contributed by atoms with van der Waals surface area (Å²) in [4.78, 5) is 17.6. The number of hydrogen-bond acceptors (Lipinski definition) is 3. The third-order valence-electron chi connectivity index (χ3n) is 5.42. The van der Waals surface area contributed by atoms with Gasteiger partial charge in [-0.2, -0.15) is 0 Å². The number of rotatable bonds is 7. The van der Waals surface area contributed by atoms with E-state index in [-0.39, 0.29) is 6.04 Å². The summed E-state index contributed by atoms with van der Waals surface area (Å²) in [6.45, 7) is 8.30. The van der Waals surface area contributed by atoms with E-state index in [1.165, 1.54) is 5.56 Å². The highest BCUT2D eigenvalue weighted by molar-refractivity contribution is 5.85. The zero-order valence-corrected chi connectivity index (χ0v) is 16.0. The molecule has 1 aliphatic rings. The van der Waals surface area contributed by atoms with Crippen molar-refractivity contribution in [3.05, 3.63) is 71.8 Å². The average Bonchev–Trinajstić information content (AvgIpc) is 2.69. The van der Waals surface area contributed by atoms with Crippen LogP contribution < -0.4 is 0 Å². The van der Waals surface area contributed by atoms with Crippen molar-refractivity contribution in [2.75, 3.05) is 26.2 Å². The third kappa shape index (κ3) is 4.60.